The summed E-state index contributed by atoms with van der Waals surface area (Å²) in [6.45, 7) is 4.79. The van der Waals surface area contributed by atoms with Crippen molar-refractivity contribution in [3.63, 3.8) is 0 Å². The van der Waals surface area contributed by atoms with E-state index in [4.69, 9.17) is 37.3 Å². The molecule has 0 saturated carbocycles. The van der Waals surface area contributed by atoms with Gasteiger partial charge in [0.05, 0.1) is 11.4 Å². The van der Waals surface area contributed by atoms with Crippen LogP contribution in [0.3, 0.4) is 0 Å². The number of nitrogens with zero attached hydrogens (tertiary/aromatic N) is 5. The summed E-state index contributed by atoms with van der Waals surface area (Å²) >= 11 is 1.99. The zero-order valence-electron chi connectivity index (χ0n) is 24.9. The fraction of sp³-hybridized carbons (Fsp3) is 0.385. The molecule has 0 saturated heterocycles. The van der Waals surface area contributed by atoms with Gasteiger partial charge in [-0.1, -0.05) is 24.3 Å². The molecule has 0 atom stereocenters. The van der Waals surface area contributed by atoms with Crippen LogP contribution in [-0.4, -0.2) is 55.4 Å². The molecule has 251 valence electrons. The van der Waals surface area contributed by atoms with Crippen molar-refractivity contribution in [2.75, 3.05) is 50.3 Å². The Balaban J connectivity index is 0. The molecule has 0 spiro atoms. The zero-order chi connectivity index (χ0) is 31.9. The van der Waals surface area contributed by atoms with E-state index in [1.165, 1.54) is 22.5 Å². The average Bonchev–Trinajstić information content (AvgIpc) is 2.86. The summed E-state index contributed by atoms with van der Waals surface area (Å²) in [5, 5.41) is 0. The van der Waals surface area contributed by atoms with E-state index in [0.717, 1.165) is 42.5 Å². The van der Waals surface area contributed by atoms with Crippen LogP contribution in [0.2, 0.25) is 0 Å². The second kappa shape index (κ2) is 21.8. The van der Waals surface area contributed by atoms with Crippen molar-refractivity contribution in [3.8, 4) is 0 Å². The third kappa shape index (κ3) is 22.6. The summed E-state index contributed by atoms with van der Waals surface area (Å²) in [5.74, 6) is 2.11. The maximum Gasteiger partial charge on any atom is 2.00 e. The van der Waals surface area contributed by atoms with Gasteiger partial charge >= 0.3 is 17.1 Å². The van der Waals surface area contributed by atoms with E-state index in [1.807, 2.05) is 36.3 Å². The van der Waals surface area contributed by atoms with E-state index in [9.17, 15) is 0 Å². The van der Waals surface area contributed by atoms with Gasteiger partial charge < -0.3 is 15.3 Å². The first-order valence-corrected chi connectivity index (χ1v) is 15.9. The number of hydrogen-bond donors (Lipinski definition) is 0. The maximum atomic E-state index is 8.49. The topological polar surface area (TPSA) is 253 Å². The van der Waals surface area contributed by atoms with Crippen LogP contribution in [0.1, 0.15) is 22.5 Å². The Morgan fingerprint density at radius 3 is 1.50 bits per heavy atom. The van der Waals surface area contributed by atoms with Crippen LogP contribution in [0.4, 0.5) is 11.4 Å². The molecule has 44 heavy (non-hydrogen) atoms. The molecule has 3 rings (SSSR count). The second-order valence-electron chi connectivity index (χ2n) is 9.25. The second-order valence-corrected chi connectivity index (χ2v) is 11.9. The van der Waals surface area contributed by atoms with Crippen molar-refractivity contribution in [3.05, 3.63) is 83.4 Å². The largest absolute Gasteiger partial charge is 2.00 e. The maximum absolute atomic E-state index is 8.49. The minimum absolute atomic E-state index is 0. The molecule has 1 radical (unpaired) electrons. The van der Waals surface area contributed by atoms with Gasteiger partial charge in [0.15, 0.2) is 0 Å². The van der Waals surface area contributed by atoms with Crippen LogP contribution in [-0.2, 0) is 41.4 Å². The van der Waals surface area contributed by atoms with Crippen LogP contribution in [0.15, 0.2) is 60.9 Å². The van der Waals surface area contributed by atoms with Gasteiger partial charge in [0.1, 0.15) is 0 Å². The smallest absolute Gasteiger partial charge is 0.457 e. The Bertz CT molecular complexity index is 1130. The number of benzene rings is 1. The molecule has 0 aliphatic heterocycles. The van der Waals surface area contributed by atoms with Gasteiger partial charge in [-0.3, -0.25) is 14.9 Å². The van der Waals surface area contributed by atoms with E-state index in [1.54, 1.807) is 0 Å². The van der Waals surface area contributed by atoms with Gasteiger partial charge in [-0.25, -0.2) is 37.3 Å². The molecular weight excluding hydrogens is 693 g/mol. The standard InChI is InChI=1S/C26H35N5S.2ClHO4.Cu.H2O/c1-21-8-6-7-9-22(21)20-32-15-14-31(18-23-16-25(29(2)3)10-12-27-23)19-24-17-26(30(4)5)11-13-28-24;2*2-1(3,4)5;;/h6-13,16-17H,14-15,18-20H2,1-5H3;2*(H,2,3,4,5);;1H2/q;;;+2;/p-1. The van der Waals surface area contributed by atoms with E-state index in [-0.39, 0.29) is 22.5 Å². The summed E-state index contributed by atoms with van der Waals surface area (Å²) in [5.41, 5.74) is 7.32. The molecule has 1 aromatic carbocycles. The summed E-state index contributed by atoms with van der Waals surface area (Å²) in [6.07, 6.45) is 3.81. The Labute approximate surface area is 276 Å². The number of aryl methyl sites for hydroxylation is 1. The molecule has 14 nitrogen and oxygen atoms in total. The van der Waals surface area contributed by atoms with E-state index >= 15 is 0 Å². The molecule has 0 unspecified atom stereocenters. The Hall–Kier alpha value is -1.83. The summed E-state index contributed by atoms with van der Waals surface area (Å²) < 4.78 is 67.9. The molecule has 18 heteroatoms. The molecule has 3 aromatic rings. The number of pyridine rings is 2. The van der Waals surface area contributed by atoms with Gasteiger partial charge in [-0.15, -0.1) is 20.5 Å². The van der Waals surface area contributed by atoms with E-state index < -0.39 is 20.5 Å². The first kappa shape index (κ1) is 44.3. The SMILES string of the molecule is Cc1ccccc1CSCCN(Cc1cc(N(C)C)ccn1)Cc1cc(N(C)C)ccn1.[Cu+2].[O-][Cl+3]([O-])([O-])[O-].[O-][Cl+3]([O-])([O-])[O-].[OH3+]. The van der Waals surface area contributed by atoms with Crippen molar-refractivity contribution in [1.82, 2.24) is 14.9 Å². The van der Waals surface area contributed by atoms with Crippen molar-refractivity contribution >= 4 is 23.1 Å². The van der Waals surface area contributed by atoms with Crippen LogP contribution >= 0.6 is 11.8 Å². The number of anilines is 2. The van der Waals surface area contributed by atoms with E-state index in [0.29, 0.717) is 0 Å². The molecule has 0 aliphatic carbocycles. The van der Waals surface area contributed by atoms with Crippen molar-refractivity contribution in [2.24, 2.45) is 0 Å². The van der Waals surface area contributed by atoms with Crippen LogP contribution in [0.5, 0.6) is 0 Å². The quantitative estimate of drug-likeness (QED) is 0.101. The molecule has 0 amide bonds. The van der Waals surface area contributed by atoms with Gasteiger partial charge in [-0.05, 0) is 42.3 Å². The summed E-state index contributed by atoms with van der Waals surface area (Å²) in [7, 11) is -1.63. The molecule has 0 bridgehead atoms. The number of hydrogen-bond acceptors (Lipinski definition) is 14. The van der Waals surface area contributed by atoms with E-state index in [2.05, 4.69) is 96.2 Å². The van der Waals surface area contributed by atoms with Crippen LogP contribution in [0.25, 0.3) is 0 Å². The first-order chi connectivity index (χ1) is 19.4. The fourth-order valence-corrected chi connectivity index (χ4v) is 4.56. The minimum Gasteiger partial charge on any atom is -0.457 e. The van der Waals surface area contributed by atoms with Crippen molar-refractivity contribution in [2.45, 2.75) is 25.8 Å². The molecule has 2 aromatic heterocycles. The molecule has 0 fully saturated rings. The predicted molar refractivity (Wildman–Crippen MR) is 143 cm³/mol. The predicted octanol–water partition coefficient (Wildman–Crippen LogP) is -5.58. The molecule has 0 aliphatic rings. The third-order valence-electron chi connectivity index (χ3n) is 5.47. The van der Waals surface area contributed by atoms with Crippen LogP contribution in [0, 0.1) is 27.4 Å². The number of rotatable bonds is 11. The molecular formula is C26H38Cl2CuN5O9S+. The van der Waals surface area contributed by atoms with Gasteiger partial charge in [-0.2, -0.15) is 11.8 Å². The Kier molecular flexibility index (Phi) is 22.0. The number of halogens is 2. The zero-order valence-corrected chi connectivity index (χ0v) is 28.1. The Morgan fingerprint density at radius 2 is 1.11 bits per heavy atom. The monoisotopic (exact) mass is 729 g/mol. The fourth-order valence-electron chi connectivity index (χ4n) is 3.48. The third-order valence-corrected chi connectivity index (χ3v) is 6.46. The number of aromatic nitrogens is 2. The number of thioether (sulfide) groups is 1. The van der Waals surface area contributed by atoms with Crippen LogP contribution < -0.4 is 47.1 Å². The van der Waals surface area contributed by atoms with Crippen molar-refractivity contribution in [1.29, 1.82) is 0 Å². The van der Waals surface area contributed by atoms with Crippen molar-refractivity contribution < 1.29 is 80.3 Å². The van der Waals surface area contributed by atoms with Gasteiger partial charge in [0.2, 0.25) is 0 Å². The normalized spacial score (nSPS) is 10.8. The van der Waals surface area contributed by atoms with Gasteiger partial charge in [0.25, 0.3) is 0 Å². The molecule has 3 N–H and O–H groups in total. The minimum atomic E-state index is -4.94. The Morgan fingerprint density at radius 1 is 0.705 bits per heavy atom. The summed E-state index contributed by atoms with van der Waals surface area (Å²) in [4.78, 5) is 16.0. The summed E-state index contributed by atoms with van der Waals surface area (Å²) in [6, 6.07) is 17.1. The first-order valence-electron chi connectivity index (χ1n) is 12.2. The molecule has 2 heterocycles. The van der Waals surface area contributed by atoms with Gasteiger partial charge in [0, 0.05) is 83.1 Å². The average molecular weight is 731 g/mol.